The number of carbonyl (C=O) groups is 2. The van der Waals surface area contributed by atoms with Crippen molar-refractivity contribution in [2.45, 2.75) is 25.3 Å². The van der Waals surface area contributed by atoms with Gasteiger partial charge in [0.2, 0.25) is 0 Å². The molecule has 0 bridgehead atoms. The molecule has 1 amide bonds. The van der Waals surface area contributed by atoms with Gasteiger partial charge in [0, 0.05) is 11.6 Å². The first kappa shape index (κ1) is 13.8. The van der Waals surface area contributed by atoms with Crippen LogP contribution in [0, 0.1) is 5.92 Å². The maximum atomic E-state index is 12.3. The van der Waals surface area contributed by atoms with Gasteiger partial charge in [-0.3, -0.25) is 9.59 Å². The summed E-state index contributed by atoms with van der Waals surface area (Å²) < 4.78 is 0.848. The average molecular weight is 305 g/mol. The van der Waals surface area contributed by atoms with Gasteiger partial charge in [-0.25, -0.2) is 4.98 Å². The zero-order chi connectivity index (χ0) is 15.0. The highest BCUT2D eigenvalue weighted by Gasteiger charge is 2.33. The number of aliphatic carboxylic acids is 1. The molecule has 1 aromatic heterocycles. The van der Waals surface area contributed by atoms with Crippen LogP contribution < -0.4 is 11.1 Å². The van der Waals surface area contributed by atoms with Gasteiger partial charge >= 0.3 is 5.97 Å². The number of rotatable bonds is 5. The number of aromatic nitrogens is 1. The van der Waals surface area contributed by atoms with Crippen LogP contribution >= 0.6 is 11.3 Å². The quantitative estimate of drug-likeness (QED) is 0.782. The Morgan fingerprint density at radius 1 is 1.48 bits per heavy atom. The van der Waals surface area contributed by atoms with Crippen LogP contribution in [0.15, 0.2) is 18.2 Å². The second-order valence-electron chi connectivity index (χ2n) is 5.25. The monoisotopic (exact) mass is 305 g/mol. The van der Waals surface area contributed by atoms with Gasteiger partial charge < -0.3 is 16.2 Å². The summed E-state index contributed by atoms with van der Waals surface area (Å²) in [6.07, 6.45) is 1.91. The number of amides is 1. The van der Waals surface area contributed by atoms with E-state index in [-0.39, 0.29) is 24.3 Å². The Kier molecular flexibility index (Phi) is 3.50. The molecule has 0 saturated heterocycles. The number of hydrogen-bond donors (Lipinski definition) is 3. The number of benzene rings is 1. The molecule has 2 aromatic rings. The van der Waals surface area contributed by atoms with E-state index in [2.05, 4.69) is 10.3 Å². The van der Waals surface area contributed by atoms with Gasteiger partial charge in [-0.15, -0.1) is 0 Å². The van der Waals surface area contributed by atoms with Gasteiger partial charge in [0.05, 0.1) is 16.6 Å². The molecule has 3 rings (SSSR count). The number of hydrogen-bond acceptors (Lipinski definition) is 5. The van der Waals surface area contributed by atoms with Gasteiger partial charge in [0.1, 0.15) is 0 Å². The molecule has 1 aliphatic rings. The van der Waals surface area contributed by atoms with E-state index in [0.29, 0.717) is 10.7 Å². The second kappa shape index (κ2) is 5.33. The molecule has 1 atom stereocenters. The van der Waals surface area contributed by atoms with Crippen molar-refractivity contribution in [2.75, 3.05) is 5.73 Å². The van der Waals surface area contributed by atoms with Crippen molar-refractivity contribution in [3.05, 3.63) is 23.8 Å². The molecule has 4 N–H and O–H groups in total. The summed E-state index contributed by atoms with van der Waals surface area (Å²) in [5.74, 6) is -0.854. The highest BCUT2D eigenvalue weighted by atomic mass is 32.1. The Morgan fingerprint density at radius 3 is 2.90 bits per heavy atom. The molecule has 1 saturated carbocycles. The van der Waals surface area contributed by atoms with E-state index < -0.39 is 5.97 Å². The Bertz CT molecular complexity index is 709. The van der Waals surface area contributed by atoms with Crippen LogP contribution in [-0.4, -0.2) is 28.0 Å². The maximum absolute atomic E-state index is 12.3. The Hall–Kier alpha value is -2.15. The van der Waals surface area contributed by atoms with Gasteiger partial charge in [-0.1, -0.05) is 11.3 Å². The summed E-state index contributed by atoms with van der Waals surface area (Å²) in [4.78, 5) is 27.3. The first-order chi connectivity index (χ1) is 10.0. The third kappa shape index (κ3) is 3.13. The largest absolute Gasteiger partial charge is 0.481 e. The van der Waals surface area contributed by atoms with Crippen molar-refractivity contribution in [3.63, 3.8) is 0 Å². The lowest BCUT2D eigenvalue weighted by Crippen LogP contribution is -2.38. The lowest BCUT2D eigenvalue weighted by atomic mass is 10.1. The van der Waals surface area contributed by atoms with Crippen LogP contribution in [0.4, 0.5) is 5.13 Å². The minimum absolute atomic E-state index is 0.0356. The third-order valence-electron chi connectivity index (χ3n) is 3.57. The average Bonchev–Trinajstić information content (AvgIpc) is 3.18. The van der Waals surface area contributed by atoms with E-state index in [4.69, 9.17) is 10.8 Å². The molecule has 0 aliphatic heterocycles. The number of anilines is 1. The van der Waals surface area contributed by atoms with Crippen molar-refractivity contribution in [1.82, 2.24) is 10.3 Å². The van der Waals surface area contributed by atoms with Crippen molar-refractivity contribution in [2.24, 2.45) is 5.92 Å². The van der Waals surface area contributed by atoms with Crippen LogP contribution in [0.2, 0.25) is 0 Å². The SMILES string of the molecule is Nc1nc2ccc(C(=O)NC(CC(=O)O)C3CC3)cc2s1. The van der Waals surface area contributed by atoms with E-state index in [1.807, 2.05) is 0 Å². The van der Waals surface area contributed by atoms with E-state index in [9.17, 15) is 9.59 Å². The number of nitrogen functional groups attached to an aromatic ring is 1. The Balaban J connectivity index is 1.77. The van der Waals surface area contributed by atoms with E-state index in [0.717, 1.165) is 23.1 Å². The van der Waals surface area contributed by atoms with Gasteiger partial charge in [-0.05, 0) is 37.0 Å². The molecule has 110 valence electrons. The number of thiazole rings is 1. The van der Waals surface area contributed by atoms with Crippen LogP contribution in [0.1, 0.15) is 29.6 Å². The van der Waals surface area contributed by atoms with Crippen molar-refractivity contribution in [1.29, 1.82) is 0 Å². The molecule has 1 fully saturated rings. The van der Waals surface area contributed by atoms with Crippen LogP contribution in [0.3, 0.4) is 0 Å². The molecule has 6 nitrogen and oxygen atoms in total. The van der Waals surface area contributed by atoms with Crippen LogP contribution in [-0.2, 0) is 4.79 Å². The molecule has 1 aromatic carbocycles. The number of carboxylic acids is 1. The van der Waals surface area contributed by atoms with E-state index in [1.54, 1.807) is 18.2 Å². The fraction of sp³-hybridized carbons (Fsp3) is 0.357. The molecule has 1 heterocycles. The van der Waals surface area contributed by atoms with Crippen LogP contribution in [0.5, 0.6) is 0 Å². The predicted octanol–water partition coefficient (Wildman–Crippen LogP) is 1.86. The number of carbonyl (C=O) groups excluding carboxylic acids is 1. The smallest absolute Gasteiger partial charge is 0.305 e. The predicted molar refractivity (Wildman–Crippen MR) is 80.3 cm³/mol. The van der Waals surface area contributed by atoms with E-state index >= 15 is 0 Å². The maximum Gasteiger partial charge on any atom is 0.305 e. The standard InChI is InChI=1S/C14H15N3O3S/c15-14-17-9-4-3-8(5-11(9)21-14)13(20)16-10(6-12(18)19)7-1-2-7/h3-5,7,10H,1-2,6H2,(H2,15,17)(H,16,20)(H,18,19). The third-order valence-corrected chi connectivity index (χ3v) is 4.42. The zero-order valence-electron chi connectivity index (χ0n) is 11.2. The highest BCUT2D eigenvalue weighted by molar-refractivity contribution is 7.22. The molecule has 1 unspecified atom stereocenters. The summed E-state index contributed by atoms with van der Waals surface area (Å²) in [5, 5.41) is 12.2. The topological polar surface area (TPSA) is 105 Å². The Labute approximate surface area is 125 Å². The first-order valence-corrected chi connectivity index (χ1v) is 7.53. The van der Waals surface area contributed by atoms with Gasteiger partial charge in [0.15, 0.2) is 5.13 Å². The fourth-order valence-electron chi connectivity index (χ4n) is 2.36. The normalized spacial score (nSPS) is 15.8. The minimum atomic E-state index is -0.891. The van der Waals surface area contributed by atoms with Crippen molar-refractivity contribution in [3.8, 4) is 0 Å². The number of nitrogens with two attached hydrogens (primary N) is 1. The number of carboxylic acid groups (broad SMARTS) is 1. The number of fused-ring (bicyclic) bond motifs is 1. The number of nitrogens with zero attached hydrogens (tertiary/aromatic N) is 1. The first-order valence-electron chi connectivity index (χ1n) is 6.71. The Morgan fingerprint density at radius 2 is 2.24 bits per heavy atom. The molecule has 7 heteroatoms. The molecular weight excluding hydrogens is 290 g/mol. The van der Waals surface area contributed by atoms with Crippen LogP contribution in [0.25, 0.3) is 10.2 Å². The summed E-state index contributed by atoms with van der Waals surface area (Å²) in [5.41, 5.74) is 6.91. The molecule has 0 spiro atoms. The minimum Gasteiger partial charge on any atom is -0.481 e. The molecule has 21 heavy (non-hydrogen) atoms. The summed E-state index contributed by atoms with van der Waals surface area (Å²) in [7, 11) is 0. The molecule has 0 radical (unpaired) electrons. The van der Waals surface area contributed by atoms with Gasteiger partial charge in [-0.2, -0.15) is 0 Å². The van der Waals surface area contributed by atoms with E-state index in [1.165, 1.54) is 11.3 Å². The summed E-state index contributed by atoms with van der Waals surface area (Å²) in [6.45, 7) is 0. The number of nitrogens with one attached hydrogen (secondary N) is 1. The van der Waals surface area contributed by atoms with Crippen molar-refractivity contribution >= 4 is 38.6 Å². The van der Waals surface area contributed by atoms with Crippen molar-refractivity contribution < 1.29 is 14.7 Å². The summed E-state index contributed by atoms with van der Waals surface area (Å²) in [6, 6.07) is 4.88. The summed E-state index contributed by atoms with van der Waals surface area (Å²) >= 11 is 1.32. The molecular formula is C14H15N3O3S. The lowest BCUT2D eigenvalue weighted by molar-refractivity contribution is -0.137. The zero-order valence-corrected chi connectivity index (χ0v) is 12.0. The van der Waals surface area contributed by atoms with Gasteiger partial charge in [0.25, 0.3) is 5.91 Å². The molecule has 1 aliphatic carbocycles. The second-order valence-corrected chi connectivity index (χ2v) is 6.31. The fourth-order valence-corrected chi connectivity index (χ4v) is 3.13. The highest BCUT2D eigenvalue weighted by Crippen LogP contribution is 2.34. The lowest BCUT2D eigenvalue weighted by Gasteiger charge is -2.16.